The molecule has 0 radical (unpaired) electrons. The zero-order valence-corrected chi connectivity index (χ0v) is 13.6. The molecule has 0 aliphatic carbocycles. The van der Waals surface area contributed by atoms with Crippen LogP contribution in [0.2, 0.25) is 0 Å². The molecule has 0 bridgehead atoms. The fraction of sp³-hybridized carbons (Fsp3) is 0.0500. The number of methoxy groups -OCH3 is 1. The first-order chi connectivity index (χ1) is 12.3. The first-order valence-electron chi connectivity index (χ1n) is 7.64. The molecule has 3 aromatic rings. The van der Waals surface area contributed by atoms with E-state index in [0.29, 0.717) is 17.1 Å². The largest absolute Gasteiger partial charge is 0.493 e. The van der Waals surface area contributed by atoms with Crippen molar-refractivity contribution in [3.63, 3.8) is 0 Å². The smallest absolute Gasteiger partial charge is 0.343 e. The molecule has 0 amide bonds. The first-order valence-corrected chi connectivity index (χ1v) is 7.64. The predicted octanol–water partition coefficient (Wildman–Crippen LogP) is 3.87. The summed E-state index contributed by atoms with van der Waals surface area (Å²) in [5.41, 5.74) is 2.40. The second-order valence-corrected chi connectivity index (χ2v) is 5.15. The highest BCUT2D eigenvalue weighted by molar-refractivity contribution is 5.91. The van der Waals surface area contributed by atoms with Crippen molar-refractivity contribution < 1.29 is 14.3 Å². The van der Waals surface area contributed by atoms with Gasteiger partial charge < -0.3 is 9.47 Å². The fourth-order valence-electron chi connectivity index (χ4n) is 2.19. The molecule has 0 unspecified atom stereocenters. The van der Waals surface area contributed by atoms with Crippen LogP contribution in [-0.2, 0) is 0 Å². The molecule has 5 nitrogen and oxygen atoms in total. The summed E-state index contributed by atoms with van der Waals surface area (Å²) in [5.74, 6) is 0.394. The Morgan fingerprint density at radius 3 is 2.16 bits per heavy atom. The van der Waals surface area contributed by atoms with E-state index in [1.807, 2.05) is 36.4 Å². The molecule has 25 heavy (non-hydrogen) atoms. The highest BCUT2D eigenvalue weighted by Gasteiger charge is 2.12. The molecule has 0 saturated carbocycles. The highest BCUT2D eigenvalue weighted by atomic mass is 16.6. The molecule has 0 saturated heterocycles. The Bertz CT molecular complexity index is 878. The SMILES string of the molecule is COc1cc(/C=C/c2ccncc2)ccc1OC(=O)c1ccncc1. The van der Waals surface area contributed by atoms with Crippen LogP contribution in [-0.4, -0.2) is 23.0 Å². The Morgan fingerprint density at radius 2 is 1.48 bits per heavy atom. The van der Waals surface area contributed by atoms with Crippen molar-refractivity contribution >= 4 is 18.1 Å². The minimum Gasteiger partial charge on any atom is -0.493 e. The third-order valence-electron chi connectivity index (χ3n) is 3.48. The zero-order chi connectivity index (χ0) is 17.5. The number of rotatable bonds is 5. The van der Waals surface area contributed by atoms with Crippen LogP contribution in [0.15, 0.2) is 67.3 Å². The van der Waals surface area contributed by atoms with Gasteiger partial charge in [0.05, 0.1) is 12.7 Å². The lowest BCUT2D eigenvalue weighted by molar-refractivity contribution is 0.0729. The van der Waals surface area contributed by atoms with Gasteiger partial charge in [-0.05, 0) is 47.5 Å². The van der Waals surface area contributed by atoms with E-state index in [-0.39, 0.29) is 0 Å². The number of pyridine rings is 2. The number of esters is 1. The lowest BCUT2D eigenvalue weighted by atomic mass is 10.1. The topological polar surface area (TPSA) is 61.3 Å². The molecule has 0 N–H and O–H groups in total. The number of carbonyl (C=O) groups excluding carboxylic acids is 1. The summed E-state index contributed by atoms with van der Waals surface area (Å²) in [6, 6.07) is 12.4. The van der Waals surface area contributed by atoms with Gasteiger partial charge in [-0.15, -0.1) is 0 Å². The number of hydrogen-bond donors (Lipinski definition) is 0. The number of nitrogens with zero attached hydrogens (tertiary/aromatic N) is 2. The molecule has 0 aliphatic heterocycles. The molecular weight excluding hydrogens is 316 g/mol. The molecule has 0 atom stereocenters. The van der Waals surface area contributed by atoms with Crippen LogP contribution in [0.1, 0.15) is 21.5 Å². The maximum absolute atomic E-state index is 12.2. The van der Waals surface area contributed by atoms with E-state index >= 15 is 0 Å². The van der Waals surface area contributed by atoms with E-state index in [1.165, 1.54) is 7.11 Å². The van der Waals surface area contributed by atoms with Crippen molar-refractivity contribution in [2.24, 2.45) is 0 Å². The molecule has 3 rings (SSSR count). The predicted molar refractivity (Wildman–Crippen MR) is 95.4 cm³/mol. The molecule has 2 aromatic heterocycles. The third-order valence-corrected chi connectivity index (χ3v) is 3.48. The standard InChI is InChI=1S/C20H16N2O3/c1-24-19-14-16(3-2-15-6-10-21-11-7-15)4-5-18(19)25-20(23)17-8-12-22-13-9-17/h2-14H,1H3/b3-2+. The third kappa shape index (κ3) is 4.29. The van der Waals surface area contributed by atoms with Crippen LogP contribution < -0.4 is 9.47 Å². The van der Waals surface area contributed by atoms with E-state index < -0.39 is 5.97 Å². The monoisotopic (exact) mass is 332 g/mol. The van der Waals surface area contributed by atoms with Crippen molar-refractivity contribution in [3.8, 4) is 11.5 Å². The van der Waals surface area contributed by atoms with Crippen molar-refractivity contribution in [2.75, 3.05) is 7.11 Å². The van der Waals surface area contributed by atoms with Gasteiger partial charge in [0, 0.05) is 24.8 Å². The van der Waals surface area contributed by atoms with Crippen LogP contribution in [0.4, 0.5) is 0 Å². The van der Waals surface area contributed by atoms with Crippen LogP contribution in [0.25, 0.3) is 12.2 Å². The summed E-state index contributed by atoms with van der Waals surface area (Å²) in [6.07, 6.45) is 10.5. The molecule has 0 spiro atoms. The number of hydrogen-bond acceptors (Lipinski definition) is 5. The van der Waals surface area contributed by atoms with Crippen molar-refractivity contribution in [2.45, 2.75) is 0 Å². The van der Waals surface area contributed by atoms with E-state index in [0.717, 1.165) is 11.1 Å². The highest BCUT2D eigenvalue weighted by Crippen LogP contribution is 2.29. The minimum absolute atomic E-state index is 0.366. The van der Waals surface area contributed by atoms with Gasteiger partial charge >= 0.3 is 5.97 Å². The summed E-state index contributed by atoms with van der Waals surface area (Å²) in [6.45, 7) is 0. The Balaban J connectivity index is 1.78. The van der Waals surface area contributed by atoms with E-state index in [2.05, 4.69) is 9.97 Å². The van der Waals surface area contributed by atoms with E-state index in [9.17, 15) is 4.79 Å². The maximum atomic E-state index is 12.2. The molecule has 0 aliphatic rings. The van der Waals surface area contributed by atoms with Crippen LogP contribution in [0.3, 0.4) is 0 Å². The lowest BCUT2D eigenvalue weighted by Crippen LogP contribution is -2.09. The Morgan fingerprint density at radius 1 is 0.840 bits per heavy atom. The summed E-state index contributed by atoms with van der Waals surface area (Å²) in [5, 5.41) is 0. The minimum atomic E-state index is -0.458. The molecule has 1 aromatic carbocycles. The molecule has 5 heteroatoms. The molecular formula is C20H16N2O3. The Hall–Kier alpha value is -3.47. The second kappa shape index (κ2) is 7.88. The van der Waals surface area contributed by atoms with Gasteiger partial charge in [0.25, 0.3) is 0 Å². The first kappa shape index (κ1) is 16.4. The summed E-state index contributed by atoms with van der Waals surface area (Å²) in [7, 11) is 1.54. The second-order valence-electron chi connectivity index (χ2n) is 5.15. The zero-order valence-electron chi connectivity index (χ0n) is 13.6. The van der Waals surface area contributed by atoms with Gasteiger partial charge in [-0.1, -0.05) is 18.2 Å². The average molecular weight is 332 g/mol. The number of carbonyl (C=O) groups is 1. The molecule has 2 heterocycles. The number of benzene rings is 1. The van der Waals surface area contributed by atoms with Crippen LogP contribution >= 0.6 is 0 Å². The van der Waals surface area contributed by atoms with Gasteiger partial charge in [0.15, 0.2) is 11.5 Å². The lowest BCUT2D eigenvalue weighted by Gasteiger charge is -2.10. The Labute approximate surface area is 145 Å². The number of aromatic nitrogens is 2. The van der Waals surface area contributed by atoms with Gasteiger partial charge in [0.1, 0.15) is 0 Å². The van der Waals surface area contributed by atoms with Gasteiger partial charge in [-0.25, -0.2) is 4.79 Å². The van der Waals surface area contributed by atoms with Crippen LogP contribution in [0, 0.1) is 0 Å². The van der Waals surface area contributed by atoms with Gasteiger partial charge in [0.2, 0.25) is 0 Å². The summed E-state index contributed by atoms with van der Waals surface area (Å²) in [4.78, 5) is 20.0. The fourth-order valence-corrected chi connectivity index (χ4v) is 2.19. The summed E-state index contributed by atoms with van der Waals surface area (Å²) >= 11 is 0. The van der Waals surface area contributed by atoms with E-state index in [1.54, 1.807) is 43.0 Å². The average Bonchev–Trinajstić information content (AvgIpc) is 2.68. The van der Waals surface area contributed by atoms with Gasteiger partial charge in [-0.3, -0.25) is 9.97 Å². The van der Waals surface area contributed by atoms with Crippen molar-refractivity contribution in [1.29, 1.82) is 0 Å². The van der Waals surface area contributed by atoms with Gasteiger partial charge in [-0.2, -0.15) is 0 Å². The Kier molecular flexibility index (Phi) is 5.16. The number of ether oxygens (including phenoxy) is 2. The maximum Gasteiger partial charge on any atom is 0.343 e. The summed E-state index contributed by atoms with van der Waals surface area (Å²) < 4.78 is 10.8. The molecule has 124 valence electrons. The molecule has 0 fully saturated rings. The normalized spacial score (nSPS) is 10.6. The van der Waals surface area contributed by atoms with Crippen molar-refractivity contribution in [3.05, 3.63) is 83.9 Å². The van der Waals surface area contributed by atoms with Crippen molar-refractivity contribution in [1.82, 2.24) is 9.97 Å². The van der Waals surface area contributed by atoms with Crippen LogP contribution in [0.5, 0.6) is 11.5 Å². The van der Waals surface area contributed by atoms with E-state index in [4.69, 9.17) is 9.47 Å². The quantitative estimate of drug-likeness (QED) is 0.524.